The van der Waals surface area contributed by atoms with E-state index in [0.29, 0.717) is 11.1 Å². The Morgan fingerprint density at radius 2 is 1.67 bits per heavy atom. The smallest absolute Gasteiger partial charge is 0.129 e. The molecule has 1 aromatic rings. The average Bonchev–Trinajstić information content (AvgIpc) is 1.99. The van der Waals surface area contributed by atoms with Crippen molar-refractivity contribution in [3.8, 4) is 0 Å². The molecule has 0 nitrogen and oxygen atoms in total. The summed E-state index contributed by atoms with van der Waals surface area (Å²) in [6.45, 7) is 9.28. The molecule has 1 heteroatoms. The quantitative estimate of drug-likeness (QED) is 0.596. The molecule has 0 aliphatic carbocycles. The van der Waals surface area contributed by atoms with Gasteiger partial charge < -0.3 is 0 Å². The molecule has 0 amide bonds. The molecule has 1 aromatic carbocycles. The Morgan fingerprint density at radius 1 is 1.25 bits per heavy atom. The predicted molar refractivity (Wildman–Crippen MR) is 50.6 cm³/mol. The van der Waals surface area contributed by atoms with Crippen LogP contribution in [0.3, 0.4) is 0 Å². The fourth-order valence-corrected chi connectivity index (χ4v) is 1.19. The highest BCUT2D eigenvalue weighted by Crippen LogP contribution is 2.19. The minimum Gasteiger partial charge on any atom is -0.206 e. The van der Waals surface area contributed by atoms with Gasteiger partial charge in [0.2, 0.25) is 0 Å². The predicted octanol–water partition coefficient (Wildman–Crippen LogP) is 3.48. The third-order valence-electron chi connectivity index (χ3n) is 1.93. The van der Waals surface area contributed by atoms with Crippen LogP contribution < -0.4 is 0 Å². The molecule has 0 unspecified atom stereocenters. The number of hydrogen-bond acceptors (Lipinski definition) is 0. The van der Waals surface area contributed by atoms with Crippen LogP contribution in [0, 0.1) is 19.7 Å². The third-order valence-corrected chi connectivity index (χ3v) is 1.93. The van der Waals surface area contributed by atoms with Gasteiger partial charge in [0.1, 0.15) is 5.82 Å². The normalized spacial score (nSPS) is 10.0. The largest absolute Gasteiger partial charge is 0.206 e. The second-order valence-corrected chi connectivity index (χ2v) is 3.20. The van der Waals surface area contributed by atoms with Gasteiger partial charge in [0, 0.05) is 0 Å². The Balaban J connectivity index is 3.31. The lowest BCUT2D eigenvalue weighted by Crippen LogP contribution is -1.90. The molecular weight excluding hydrogens is 151 g/mol. The number of hydrogen-bond donors (Lipinski definition) is 0. The molecular formula is C11H13F. The summed E-state index contributed by atoms with van der Waals surface area (Å²) in [6, 6.07) is 3.65. The van der Waals surface area contributed by atoms with Gasteiger partial charge in [-0.05, 0) is 49.6 Å². The molecule has 0 aromatic heterocycles. The lowest BCUT2D eigenvalue weighted by Gasteiger charge is -2.05. The second kappa shape index (κ2) is 3.10. The number of rotatable bonds is 1. The van der Waals surface area contributed by atoms with E-state index in [0.717, 1.165) is 11.1 Å². The molecule has 0 fully saturated rings. The van der Waals surface area contributed by atoms with Gasteiger partial charge in [-0.25, -0.2) is 4.39 Å². The summed E-state index contributed by atoms with van der Waals surface area (Å²) >= 11 is 0. The van der Waals surface area contributed by atoms with Crippen molar-refractivity contribution in [3.05, 3.63) is 41.2 Å². The molecule has 12 heavy (non-hydrogen) atoms. The van der Waals surface area contributed by atoms with Crippen molar-refractivity contribution in [2.24, 2.45) is 0 Å². The maximum Gasteiger partial charge on any atom is 0.129 e. The third kappa shape index (κ3) is 1.55. The van der Waals surface area contributed by atoms with Crippen LogP contribution in [0.2, 0.25) is 0 Å². The Kier molecular flexibility index (Phi) is 2.32. The summed E-state index contributed by atoms with van der Waals surface area (Å²) in [5.41, 5.74) is 3.37. The fourth-order valence-electron chi connectivity index (χ4n) is 1.19. The van der Waals surface area contributed by atoms with E-state index in [2.05, 4.69) is 6.58 Å². The van der Waals surface area contributed by atoms with Gasteiger partial charge in [-0.2, -0.15) is 0 Å². The highest BCUT2D eigenvalue weighted by molar-refractivity contribution is 5.62. The highest BCUT2D eigenvalue weighted by Gasteiger charge is 2.03. The molecule has 0 radical (unpaired) electrons. The zero-order valence-electron chi connectivity index (χ0n) is 7.74. The van der Waals surface area contributed by atoms with Crippen LogP contribution in [-0.4, -0.2) is 0 Å². The molecule has 1 rings (SSSR count). The number of halogens is 1. The SMILES string of the molecule is C=C(C)c1cc(C)c(F)c(C)c1. The molecule has 0 N–H and O–H groups in total. The van der Waals surface area contributed by atoms with E-state index in [1.54, 1.807) is 13.8 Å². The van der Waals surface area contributed by atoms with Gasteiger partial charge in [-0.1, -0.05) is 12.2 Å². The van der Waals surface area contributed by atoms with Gasteiger partial charge in [-0.15, -0.1) is 0 Å². The van der Waals surface area contributed by atoms with Crippen molar-refractivity contribution < 1.29 is 4.39 Å². The minimum atomic E-state index is -0.111. The van der Waals surface area contributed by atoms with Crippen molar-refractivity contribution in [3.63, 3.8) is 0 Å². The molecule has 0 bridgehead atoms. The maximum atomic E-state index is 13.1. The van der Waals surface area contributed by atoms with Gasteiger partial charge >= 0.3 is 0 Å². The van der Waals surface area contributed by atoms with Crippen LogP contribution in [0.4, 0.5) is 4.39 Å². The fraction of sp³-hybridized carbons (Fsp3) is 0.273. The van der Waals surface area contributed by atoms with Crippen LogP contribution in [0.15, 0.2) is 18.7 Å². The molecule has 0 heterocycles. The Morgan fingerprint density at radius 3 is 2.00 bits per heavy atom. The van der Waals surface area contributed by atoms with E-state index in [9.17, 15) is 4.39 Å². The standard InChI is InChI=1S/C11H13F/c1-7(2)10-5-8(3)11(12)9(4)6-10/h5-6H,1H2,2-4H3. The van der Waals surface area contributed by atoms with Crippen LogP contribution in [0.5, 0.6) is 0 Å². The first kappa shape index (κ1) is 8.98. The molecule has 0 atom stereocenters. The van der Waals surface area contributed by atoms with Crippen LogP contribution in [0.25, 0.3) is 5.57 Å². The lowest BCUT2D eigenvalue weighted by atomic mass is 10.0. The zero-order chi connectivity index (χ0) is 9.30. The number of allylic oxidation sites excluding steroid dienone is 1. The topological polar surface area (TPSA) is 0 Å². The monoisotopic (exact) mass is 164 g/mol. The Labute approximate surface area is 72.7 Å². The van der Waals surface area contributed by atoms with Crippen LogP contribution in [0.1, 0.15) is 23.6 Å². The van der Waals surface area contributed by atoms with E-state index in [4.69, 9.17) is 0 Å². The van der Waals surface area contributed by atoms with E-state index >= 15 is 0 Å². The lowest BCUT2D eigenvalue weighted by molar-refractivity contribution is 0.609. The molecule has 0 saturated carbocycles. The number of benzene rings is 1. The van der Waals surface area contributed by atoms with E-state index < -0.39 is 0 Å². The van der Waals surface area contributed by atoms with Crippen LogP contribution in [-0.2, 0) is 0 Å². The van der Waals surface area contributed by atoms with E-state index in [1.807, 2.05) is 19.1 Å². The Bertz CT molecular complexity index is 301. The van der Waals surface area contributed by atoms with Gasteiger partial charge in [-0.3, -0.25) is 0 Å². The second-order valence-electron chi connectivity index (χ2n) is 3.20. The minimum absolute atomic E-state index is 0.111. The summed E-state index contributed by atoms with van der Waals surface area (Å²) in [7, 11) is 0. The van der Waals surface area contributed by atoms with Crippen molar-refractivity contribution in [1.82, 2.24) is 0 Å². The summed E-state index contributed by atoms with van der Waals surface area (Å²) in [5.74, 6) is -0.111. The van der Waals surface area contributed by atoms with Crippen molar-refractivity contribution >= 4 is 5.57 Å². The van der Waals surface area contributed by atoms with Crippen molar-refractivity contribution in [2.45, 2.75) is 20.8 Å². The van der Waals surface area contributed by atoms with Crippen LogP contribution >= 0.6 is 0 Å². The van der Waals surface area contributed by atoms with Gasteiger partial charge in [0.25, 0.3) is 0 Å². The maximum absolute atomic E-state index is 13.1. The van der Waals surface area contributed by atoms with E-state index in [-0.39, 0.29) is 5.82 Å². The average molecular weight is 164 g/mol. The first-order valence-electron chi connectivity index (χ1n) is 3.95. The van der Waals surface area contributed by atoms with E-state index in [1.165, 1.54) is 0 Å². The van der Waals surface area contributed by atoms with Gasteiger partial charge in [0.15, 0.2) is 0 Å². The number of aryl methyl sites for hydroxylation is 2. The summed E-state index contributed by atoms with van der Waals surface area (Å²) in [4.78, 5) is 0. The summed E-state index contributed by atoms with van der Waals surface area (Å²) < 4.78 is 13.1. The first-order chi connectivity index (χ1) is 5.52. The van der Waals surface area contributed by atoms with Gasteiger partial charge in [0.05, 0.1) is 0 Å². The summed E-state index contributed by atoms with van der Waals surface area (Å²) in [5, 5.41) is 0. The molecule has 0 aliphatic rings. The van der Waals surface area contributed by atoms with Crippen molar-refractivity contribution in [2.75, 3.05) is 0 Å². The van der Waals surface area contributed by atoms with Crippen molar-refractivity contribution in [1.29, 1.82) is 0 Å². The molecule has 64 valence electrons. The highest BCUT2D eigenvalue weighted by atomic mass is 19.1. The Hall–Kier alpha value is -1.11. The molecule has 0 aliphatic heterocycles. The first-order valence-corrected chi connectivity index (χ1v) is 3.95. The molecule has 0 spiro atoms. The zero-order valence-corrected chi connectivity index (χ0v) is 7.74. The summed E-state index contributed by atoms with van der Waals surface area (Å²) in [6.07, 6.45) is 0. The molecule has 0 saturated heterocycles.